The van der Waals surface area contributed by atoms with Crippen molar-refractivity contribution in [1.29, 1.82) is 0 Å². The van der Waals surface area contributed by atoms with Crippen LogP contribution in [0.1, 0.15) is 52.1 Å². The standard InChI is InChI=1S/C13H19N3O2S/c1-8(16-6-4-14-5-7-16)12-15-10(9-2-3-9)11(19-12)13(17)18/h8-9,14H,2-7H2,1H3,(H,17,18). The second-order valence-electron chi connectivity index (χ2n) is 5.31. The number of carboxylic acids is 1. The molecule has 1 aromatic heterocycles. The van der Waals surface area contributed by atoms with Gasteiger partial charge in [0.05, 0.1) is 11.7 Å². The van der Waals surface area contributed by atoms with Crippen molar-refractivity contribution >= 4 is 17.3 Å². The van der Waals surface area contributed by atoms with E-state index < -0.39 is 5.97 Å². The van der Waals surface area contributed by atoms with Crippen LogP contribution in [0.3, 0.4) is 0 Å². The second kappa shape index (κ2) is 5.19. The highest BCUT2D eigenvalue weighted by Crippen LogP contribution is 2.43. The summed E-state index contributed by atoms with van der Waals surface area (Å²) in [6.45, 7) is 6.13. The number of thiazole rings is 1. The zero-order valence-corrected chi connectivity index (χ0v) is 11.9. The van der Waals surface area contributed by atoms with Crippen LogP contribution >= 0.6 is 11.3 Å². The van der Waals surface area contributed by atoms with Crippen LogP contribution in [0.4, 0.5) is 0 Å². The maximum Gasteiger partial charge on any atom is 0.347 e. The van der Waals surface area contributed by atoms with E-state index in [1.807, 2.05) is 0 Å². The van der Waals surface area contributed by atoms with Crippen LogP contribution in [0.15, 0.2) is 0 Å². The first kappa shape index (κ1) is 13.0. The highest BCUT2D eigenvalue weighted by atomic mass is 32.1. The summed E-state index contributed by atoms with van der Waals surface area (Å²) in [6.07, 6.45) is 2.18. The predicted octanol–water partition coefficient (Wildman–Crippen LogP) is 1.68. The molecule has 1 atom stereocenters. The summed E-state index contributed by atoms with van der Waals surface area (Å²) in [4.78, 5) is 18.8. The Hall–Kier alpha value is -0.980. The van der Waals surface area contributed by atoms with E-state index in [1.54, 1.807) is 0 Å². The van der Waals surface area contributed by atoms with E-state index in [2.05, 4.69) is 22.1 Å². The highest BCUT2D eigenvalue weighted by Gasteiger charge is 2.33. The van der Waals surface area contributed by atoms with Crippen molar-refractivity contribution in [2.75, 3.05) is 26.2 Å². The van der Waals surface area contributed by atoms with Crippen molar-refractivity contribution in [2.45, 2.75) is 31.7 Å². The Morgan fingerprint density at radius 2 is 2.16 bits per heavy atom. The third-order valence-electron chi connectivity index (χ3n) is 3.88. The SMILES string of the molecule is CC(c1nc(C2CC2)c(C(=O)O)s1)N1CCNCC1. The van der Waals surface area contributed by atoms with Crippen molar-refractivity contribution in [3.05, 3.63) is 15.6 Å². The number of hydrogen-bond donors (Lipinski definition) is 2. The molecule has 0 amide bonds. The monoisotopic (exact) mass is 281 g/mol. The summed E-state index contributed by atoms with van der Waals surface area (Å²) in [6, 6.07) is 0.220. The Morgan fingerprint density at radius 3 is 2.74 bits per heavy atom. The predicted molar refractivity (Wildman–Crippen MR) is 73.9 cm³/mol. The number of aromatic nitrogens is 1. The normalized spacial score (nSPS) is 22.4. The van der Waals surface area contributed by atoms with E-state index >= 15 is 0 Å². The molecular weight excluding hydrogens is 262 g/mol. The zero-order valence-electron chi connectivity index (χ0n) is 11.1. The van der Waals surface area contributed by atoms with Gasteiger partial charge in [-0.05, 0) is 19.8 Å². The molecule has 6 heteroatoms. The van der Waals surface area contributed by atoms with Gasteiger partial charge in [0.2, 0.25) is 0 Å². The molecule has 0 spiro atoms. The third kappa shape index (κ3) is 2.66. The van der Waals surface area contributed by atoms with E-state index in [1.165, 1.54) is 11.3 Å². The minimum atomic E-state index is -0.821. The molecule has 0 bridgehead atoms. The average molecular weight is 281 g/mol. The number of aromatic carboxylic acids is 1. The average Bonchev–Trinajstić information content (AvgIpc) is 3.17. The van der Waals surface area contributed by atoms with Crippen LogP contribution in [0.25, 0.3) is 0 Å². The molecule has 104 valence electrons. The molecule has 2 aliphatic rings. The second-order valence-corrected chi connectivity index (χ2v) is 6.34. The van der Waals surface area contributed by atoms with Crippen LogP contribution < -0.4 is 5.32 Å². The van der Waals surface area contributed by atoms with Gasteiger partial charge in [0.25, 0.3) is 0 Å². The minimum absolute atomic E-state index is 0.220. The van der Waals surface area contributed by atoms with Gasteiger partial charge in [0.1, 0.15) is 9.88 Å². The summed E-state index contributed by atoms with van der Waals surface area (Å²) in [5.41, 5.74) is 0.828. The Labute approximate surface area is 116 Å². The molecule has 0 aromatic carbocycles. The molecule has 5 nitrogen and oxygen atoms in total. The van der Waals surface area contributed by atoms with Gasteiger partial charge >= 0.3 is 5.97 Å². The summed E-state index contributed by atoms with van der Waals surface area (Å²) in [7, 11) is 0. The van der Waals surface area contributed by atoms with Crippen LogP contribution in [0, 0.1) is 0 Å². The molecule has 1 saturated carbocycles. The number of rotatable bonds is 4. The van der Waals surface area contributed by atoms with Crippen molar-refractivity contribution in [3.63, 3.8) is 0 Å². The van der Waals surface area contributed by atoms with Crippen molar-refractivity contribution in [3.8, 4) is 0 Å². The Bertz CT molecular complexity index is 478. The lowest BCUT2D eigenvalue weighted by molar-refractivity contribution is 0.0700. The van der Waals surface area contributed by atoms with Gasteiger partial charge in [-0.25, -0.2) is 9.78 Å². The molecule has 1 aliphatic heterocycles. The summed E-state index contributed by atoms with van der Waals surface area (Å²) < 4.78 is 0. The fraction of sp³-hybridized carbons (Fsp3) is 0.692. The van der Waals surface area contributed by atoms with Gasteiger partial charge in [0, 0.05) is 32.1 Å². The van der Waals surface area contributed by atoms with Crippen LogP contribution in [-0.2, 0) is 0 Å². The Kier molecular flexibility index (Phi) is 3.56. The summed E-state index contributed by atoms with van der Waals surface area (Å²) in [5, 5.41) is 13.6. The third-order valence-corrected chi connectivity index (χ3v) is 5.11. The molecular formula is C13H19N3O2S. The smallest absolute Gasteiger partial charge is 0.347 e. The lowest BCUT2D eigenvalue weighted by Gasteiger charge is -2.31. The van der Waals surface area contributed by atoms with Gasteiger partial charge in [-0.15, -0.1) is 11.3 Å². The molecule has 2 heterocycles. The van der Waals surface area contributed by atoms with Crippen LogP contribution in [0.2, 0.25) is 0 Å². The van der Waals surface area contributed by atoms with Gasteiger partial charge in [-0.1, -0.05) is 0 Å². The first-order valence-corrected chi connectivity index (χ1v) is 7.67. The highest BCUT2D eigenvalue weighted by molar-refractivity contribution is 7.13. The topological polar surface area (TPSA) is 65.5 Å². The lowest BCUT2D eigenvalue weighted by atomic mass is 10.2. The number of nitrogens with zero attached hydrogens (tertiary/aromatic N) is 2. The molecule has 1 unspecified atom stereocenters. The molecule has 0 radical (unpaired) electrons. The number of piperazine rings is 1. The number of carbonyl (C=O) groups is 1. The Morgan fingerprint density at radius 1 is 1.47 bits per heavy atom. The first-order chi connectivity index (χ1) is 9.16. The van der Waals surface area contributed by atoms with Gasteiger partial charge in [-0.2, -0.15) is 0 Å². The maximum atomic E-state index is 11.3. The maximum absolute atomic E-state index is 11.3. The fourth-order valence-corrected chi connectivity index (χ4v) is 3.62. The van der Waals surface area contributed by atoms with E-state index in [0.29, 0.717) is 10.8 Å². The number of carboxylic acid groups (broad SMARTS) is 1. The summed E-state index contributed by atoms with van der Waals surface area (Å²) >= 11 is 1.36. The Balaban J connectivity index is 1.83. The van der Waals surface area contributed by atoms with Crippen molar-refractivity contribution < 1.29 is 9.90 Å². The van der Waals surface area contributed by atoms with E-state index in [-0.39, 0.29) is 6.04 Å². The fourth-order valence-electron chi connectivity index (χ4n) is 2.54. The number of hydrogen-bond acceptors (Lipinski definition) is 5. The van der Waals surface area contributed by atoms with E-state index in [9.17, 15) is 9.90 Å². The van der Waals surface area contributed by atoms with Crippen LogP contribution in [-0.4, -0.2) is 47.1 Å². The molecule has 1 aromatic rings. The van der Waals surface area contributed by atoms with E-state index in [0.717, 1.165) is 49.7 Å². The van der Waals surface area contributed by atoms with Crippen LogP contribution in [0.5, 0.6) is 0 Å². The summed E-state index contributed by atoms with van der Waals surface area (Å²) in [5.74, 6) is -0.426. The molecule has 19 heavy (non-hydrogen) atoms. The van der Waals surface area contributed by atoms with E-state index in [4.69, 9.17) is 0 Å². The molecule has 2 fully saturated rings. The van der Waals surface area contributed by atoms with Crippen molar-refractivity contribution in [2.24, 2.45) is 0 Å². The van der Waals surface area contributed by atoms with Crippen molar-refractivity contribution in [1.82, 2.24) is 15.2 Å². The molecule has 3 rings (SSSR count). The number of nitrogens with one attached hydrogen (secondary N) is 1. The van der Waals surface area contributed by atoms with Gasteiger partial charge in [0.15, 0.2) is 0 Å². The van der Waals surface area contributed by atoms with Gasteiger partial charge < -0.3 is 10.4 Å². The molecule has 1 saturated heterocycles. The first-order valence-electron chi connectivity index (χ1n) is 6.85. The largest absolute Gasteiger partial charge is 0.477 e. The molecule has 2 N–H and O–H groups in total. The minimum Gasteiger partial charge on any atom is -0.477 e. The quantitative estimate of drug-likeness (QED) is 0.879. The molecule has 1 aliphatic carbocycles. The zero-order chi connectivity index (χ0) is 13.4. The van der Waals surface area contributed by atoms with Gasteiger partial charge in [-0.3, -0.25) is 4.90 Å². The lowest BCUT2D eigenvalue weighted by Crippen LogP contribution is -2.44.